The molecule has 3 rings (SSSR count). The highest BCUT2D eigenvalue weighted by Gasteiger charge is 2.23. The van der Waals surface area contributed by atoms with E-state index in [0.29, 0.717) is 21.8 Å². The molecule has 0 saturated heterocycles. The van der Waals surface area contributed by atoms with E-state index in [-0.39, 0.29) is 5.91 Å². The molecule has 1 heterocycles. The Balaban J connectivity index is 1.92. The van der Waals surface area contributed by atoms with Crippen LogP contribution in [0.25, 0.3) is 0 Å². The molecule has 2 aromatic rings. The highest BCUT2D eigenvalue weighted by molar-refractivity contribution is 7.16. The van der Waals surface area contributed by atoms with Crippen LogP contribution < -0.4 is 11.1 Å². The van der Waals surface area contributed by atoms with Crippen LogP contribution in [0, 0.1) is 18.3 Å². The molecule has 0 radical (unpaired) electrons. The summed E-state index contributed by atoms with van der Waals surface area (Å²) in [4.78, 5) is 13.6. The molecule has 1 aliphatic carbocycles. The number of amides is 1. The third kappa shape index (κ3) is 2.39. The Morgan fingerprint density at radius 2 is 2.24 bits per heavy atom. The lowest BCUT2D eigenvalue weighted by Gasteiger charge is -2.07. The molecule has 0 spiro atoms. The zero-order chi connectivity index (χ0) is 15.0. The van der Waals surface area contributed by atoms with Gasteiger partial charge in [-0.3, -0.25) is 4.79 Å². The van der Waals surface area contributed by atoms with E-state index in [9.17, 15) is 10.1 Å². The van der Waals surface area contributed by atoms with Crippen LogP contribution >= 0.6 is 11.3 Å². The monoisotopic (exact) mass is 297 g/mol. The number of carbonyl (C=O) groups excluding carboxylic acids is 1. The molecule has 3 N–H and O–H groups in total. The van der Waals surface area contributed by atoms with E-state index in [1.807, 2.05) is 13.0 Å². The first-order valence-electron chi connectivity index (χ1n) is 6.82. The van der Waals surface area contributed by atoms with Crippen molar-refractivity contribution in [3.05, 3.63) is 45.3 Å². The predicted molar refractivity (Wildman–Crippen MR) is 84.6 cm³/mol. The molecule has 1 aliphatic rings. The molecule has 0 atom stereocenters. The lowest BCUT2D eigenvalue weighted by molar-refractivity contribution is 0.102. The number of nitrogens with one attached hydrogen (secondary N) is 1. The summed E-state index contributed by atoms with van der Waals surface area (Å²) < 4.78 is 0. The van der Waals surface area contributed by atoms with Crippen LogP contribution in [0.5, 0.6) is 0 Å². The number of nitrogen functional groups attached to an aromatic ring is 1. The normalized spacial score (nSPS) is 12.8. The smallest absolute Gasteiger partial charge is 0.256 e. The molecule has 106 valence electrons. The lowest BCUT2D eigenvalue weighted by atomic mass is 10.1. The summed E-state index contributed by atoms with van der Waals surface area (Å²) in [5, 5.41) is 12.9. The number of nitrogens with two attached hydrogens (primary N) is 1. The highest BCUT2D eigenvalue weighted by Crippen LogP contribution is 2.38. The van der Waals surface area contributed by atoms with Crippen molar-refractivity contribution in [3.63, 3.8) is 0 Å². The van der Waals surface area contributed by atoms with E-state index in [0.717, 1.165) is 30.4 Å². The van der Waals surface area contributed by atoms with Gasteiger partial charge >= 0.3 is 0 Å². The minimum atomic E-state index is -0.212. The average molecular weight is 297 g/mol. The van der Waals surface area contributed by atoms with Crippen molar-refractivity contribution >= 4 is 27.9 Å². The predicted octanol–water partition coefficient (Wildman–Crippen LogP) is 3.25. The van der Waals surface area contributed by atoms with Crippen LogP contribution in [-0.2, 0) is 12.8 Å². The van der Waals surface area contributed by atoms with Crippen molar-refractivity contribution in [2.75, 3.05) is 11.1 Å². The second-order valence-electron chi connectivity index (χ2n) is 5.20. The molecule has 0 aliphatic heterocycles. The summed E-state index contributed by atoms with van der Waals surface area (Å²) in [6, 6.07) is 7.49. The molecule has 0 saturated carbocycles. The van der Waals surface area contributed by atoms with Gasteiger partial charge < -0.3 is 11.1 Å². The second kappa shape index (κ2) is 5.23. The number of aryl methyl sites for hydroxylation is 2. The zero-order valence-corrected chi connectivity index (χ0v) is 12.5. The molecule has 0 fully saturated rings. The summed E-state index contributed by atoms with van der Waals surface area (Å²) in [5.74, 6) is -0.212. The van der Waals surface area contributed by atoms with Gasteiger partial charge in [-0.15, -0.1) is 11.3 Å². The number of fused-ring (bicyclic) bond motifs is 1. The van der Waals surface area contributed by atoms with Gasteiger partial charge in [0.2, 0.25) is 0 Å². The van der Waals surface area contributed by atoms with Crippen molar-refractivity contribution in [1.82, 2.24) is 0 Å². The van der Waals surface area contributed by atoms with E-state index < -0.39 is 0 Å². The number of nitriles is 1. The molecular weight excluding hydrogens is 282 g/mol. The van der Waals surface area contributed by atoms with Gasteiger partial charge in [-0.2, -0.15) is 5.26 Å². The minimum Gasteiger partial charge on any atom is -0.399 e. The van der Waals surface area contributed by atoms with Gasteiger partial charge in [-0.25, -0.2) is 0 Å². The van der Waals surface area contributed by atoms with E-state index in [1.165, 1.54) is 16.2 Å². The van der Waals surface area contributed by atoms with Gasteiger partial charge in [0.05, 0.1) is 5.56 Å². The van der Waals surface area contributed by atoms with Gasteiger partial charge in [-0.1, -0.05) is 6.07 Å². The van der Waals surface area contributed by atoms with Crippen molar-refractivity contribution in [3.8, 4) is 6.07 Å². The number of hydrogen-bond donors (Lipinski definition) is 2. The maximum absolute atomic E-state index is 12.4. The number of thiophene rings is 1. The maximum Gasteiger partial charge on any atom is 0.256 e. The first kappa shape index (κ1) is 13.7. The Bertz CT molecular complexity index is 771. The Kier molecular flexibility index (Phi) is 3.40. The van der Waals surface area contributed by atoms with E-state index >= 15 is 0 Å². The summed E-state index contributed by atoms with van der Waals surface area (Å²) in [7, 11) is 0. The minimum absolute atomic E-state index is 0.212. The van der Waals surface area contributed by atoms with Crippen molar-refractivity contribution in [2.45, 2.75) is 26.2 Å². The van der Waals surface area contributed by atoms with Crippen LogP contribution in [0.2, 0.25) is 0 Å². The number of nitrogens with zero attached hydrogens (tertiary/aromatic N) is 1. The molecule has 21 heavy (non-hydrogen) atoms. The lowest BCUT2D eigenvalue weighted by Crippen LogP contribution is -2.13. The fourth-order valence-electron chi connectivity index (χ4n) is 2.67. The van der Waals surface area contributed by atoms with Crippen LogP contribution in [0.3, 0.4) is 0 Å². The highest BCUT2D eigenvalue weighted by atomic mass is 32.1. The molecular formula is C16H15N3OS. The van der Waals surface area contributed by atoms with Crippen LogP contribution in [0.1, 0.15) is 38.3 Å². The molecule has 1 aromatic heterocycles. The quantitative estimate of drug-likeness (QED) is 0.835. The fraction of sp³-hybridized carbons (Fsp3) is 0.250. The van der Waals surface area contributed by atoms with Gasteiger partial charge in [0.25, 0.3) is 5.91 Å². The van der Waals surface area contributed by atoms with Crippen LogP contribution in [0.4, 0.5) is 10.7 Å². The summed E-state index contributed by atoms with van der Waals surface area (Å²) >= 11 is 1.52. The first-order chi connectivity index (χ1) is 10.1. The Hall–Kier alpha value is -2.32. The van der Waals surface area contributed by atoms with Crippen molar-refractivity contribution in [1.29, 1.82) is 5.26 Å². The van der Waals surface area contributed by atoms with Gasteiger partial charge in [0.1, 0.15) is 11.1 Å². The van der Waals surface area contributed by atoms with Crippen LogP contribution in [-0.4, -0.2) is 5.91 Å². The summed E-state index contributed by atoms with van der Waals surface area (Å²) in [6.45, 7) is 1.87. The molecule has 0 unspecified atom stereocenters. The number of anilines is 2. The Morgan fingerprint density at radius 1 is 1.43 bits per heavy atom. The summed E-state index contributed by atoms with van der Waals surface area (Å²) in [5.41, 5.74) is 9.45. The van der Waals surface area contributed by atoms with E-state index in [4.69, 9.17) is 5.73 Å². The SMILES string of the molecule is Cc1ccc(N)cc1C(=O)Nc1sc2c(c1C#N)CCC2. The second-order valence-corrected chi connectivity index (χ2v) is 6.31. The van der Waals surface area contributed by atoms with Crippen molar-refractivity contribution < 1.29 is 4.79 Å². The third-order valence-electron chi connectivity index (χ3n) is 3.77. The molecule has 1 amide bonds. The first-order valence-corrected chi connectivity index (χ1v) is 7.64. The standard InChI is InChI=1S/C16H15N3OS/c1-9-5-6-10(18)7-12(9)15(20)19-16-13(8-17)11-3-2-4-14(11)21-16/h5-7H,2-4,18H2,1H3,(H,19,20). The maximum atomic E-state index is 12.4. The molecule has 1 aromatic carbocycles. The Morgan fingerprint density at radius 3 is 3.00 bits per heavy atom. The topological polar surface area (TPSA) is 78.9 Å². The van der Waals surface area contributed by atoms with Gasteiger partial charge in [0, 0.05) is 16.1 Å². The number of carbonyl (C=O) groups is 1. The van der Waals surface area contributed by atoms with E-state index in [2.05, 4.69) is 11.4 Å². The summed E-state index contributed by atoms with van der Waals surface area (Å²) in [6.07, 6.45) is 3.03. The zero-order valence-electron chi connectivity index (χ0n) is 11.7. The molecule has 4 nitrogen and oxygen atoms in total. The number of hydrogen-bond acceptors (Lipinski definition) is 4. The number of benzene rings is 1. The third-order valence-corrected chi connectivity index (χ3v) is 4.97. The largest absolute Gasteiger partial charge is 0.399 e. The van der Waals surface area contributed by atoms with Crippen LogP contribution in [0.15, 0.2) is 18.2 Å². The van der Waals surface area contributed by atoms with E-state index in [1.54, 1.807) is 12.1 Å². The molecule has 0 bridgehead atoms. The van der Waals surface area contributed by atoms with Gasteiger partial charge in [0.15, 0.2) is 0 Å². The average Bonchev–Trinajstić information content (AvgIpc) is 3.01. The Labute approximate surface area is 127 Å². The number of rotatable bonds is 2. The van der Waals surface area contributed by atoms with Gasteiger partial charge in [-0.05, 0) is 49.4 Å². The fourth-order valence-corrected chi connectivity index (χ4v) is 3.90. The molecule has 5 heteroatoms. The van der Waals surface area contributed by atoms with Crippen molar-refractivity contribution in [2.24, 2.45) is 0 Å².